The van der Waals surface area contributed by atoms with Crippen LogP contribution in [0.1, 0.15) is 5.56 Å². The molecule has 0 radical (unpaired) electrons. The molecule has 1 atom stereocenters. The predicted octanol–water partition coefficient (Wildman–Crippen LogP) is 1.94. The van der Waals surface area contributed by atoms with Gasteiger partial charge in [-0.3, -0.25) is 4.79 Å². The molecular formula is C10H12Cl2FNO2. The molecule has 0 amide bonds. The van der Waals surface area contributed by atoms with Gasteiger partial charge in [0.15, 0.2) is 0 Å². The summed E-state index contributed by atoms with van der Waals surface area (Å²) in [5.74, 6) is -0.998. The van der Waals surface area contributed by atoms with Crippen molar-refractivity contribution < 1.29 is 13.9 Å². The summed E-state index contributed by atoms with van der Waals surface area (Å²) in [7, 11) is 1.26. The van der Waals surface area contributed by atoms with Crippen LogP contribution in [0.4, 0.5) is 4.39 Å². The Morgan fingerprint density at radius 1 is 1.62 bits per heavy atom. The molecule has 90 valence electrons. The number of hydrogen-bond acceptors (Lipinski definition) is 3. The third-order valence-corrected chi connectivity index (χ3v) is 2.23. The standard InChI is InChI=1S/C10H11ClFNO2.ClH/c1-15-10(14)9(13)5-6-2-3-8(12)7(11)4-6;/h2-4,9H,5,13H2,1H3;1H/t9-;/m0./s1. The molecule has 0 spiro atoms. The normalized spacial score (nSPS) is 11.5. The second-order valence-electron chi connectivity index (χ2n) is 3.08. The van der Waals surface area contributed by atoms with Crippen molar-refractivity contribution in [2.45, 2.75) is 12.5 Å². The van der Waals surface area contributed by atoms with Crippen LogP contribution in [0.2, 0.25) is 5.02 Å². The lowest BCUT2D eigenvalue weighted by molar-refractivity contribution is -0.142. The molecule has 0 heterocycles. The SMILES string of the molecule is COC(=O)[C@@H](N)Cc1ccc(F)c(Cl)c1.Cl. The quantitative estimate of drug-likeness (QED) is 0.852. The molecule has 0 aliphatic carbocycles. The number of ether oxygens (including phenoxy) is 1. The molecule has 0 aliphatic rings. The van der Waals surface area contributed by atoms with Crippen LogP contribution >= 0.6 is 24.0 Å². The average molecular weight is 268 g/mol. The Labute approximate surface area is 104 Å². The summed E-state index contributed by atoms with van der Waals surface area (Å²) < 4.78 is 17.3. The second kappa shape index (κ2) is 6.68. The molecule has 1 rings (SSSR count). The van der Waals surface area contributed by atoms with Gasteiger partial charge < -0.3 is 10.5 Å². The van der Waals surface area contributed by atoms with E-state index in [1.807, 2.05) is 0 Å². The Bertz CT molecular complexity index is 374. The molecule has 0 saturated carbocycles. The van der Waals surface area contributed by atoms with Crippen molar-refractivity contribution in [2.75, 3.05) is 7.11 Å². The number of halogens is 3. The topological polar surface area (TPSA) is 52.3 Å². The zero-order valence-electron chi connectivity index (χ0n) is 8.57. The van der Waals surface area contributed by atoms with Crippen LogP contribution in [0.15, 0.2) is 18.2 Å². The maximum atomic E-state index is 12.8. The monoisotopic (exact) mass is 267 g/mol. The van der Waals surface area contributed by atoms with Gasteiger partial charge in [0.25, 0.3) is 0 Å². The maximum absolute atomic E-state index is 12.8. The molecule has 1 aromatic carbocycles. The van der Waals surface area contributed by atoms with Crippen LogP contribution < -0.4 is 5.73 Å². The minimum atomic E-state index is -0.753. The number of methoxy groups -OCH3 is 1. The molecule has 3 nitrogen and oxygen atoms in total. The van der Waals surface area contributed by atoms with E-state index in [-0.39, 0.29) is 23.9 Å². The number of rotatable bonds is 3. The zero-order chi connectivity index (χ0) is 11.4. The van der Waals surface area contributed by atoms with E-state index in [2.05, 4.69) is 4.74 Å². The van der Waals surface area contributed by atoms with Crippen molar-refractivity contribution >= 4 is 30.0 Å². The van der Waals surface area contributed by atoms with E-state index in [4.69, 9.17) is 17.3 Å². The molecule has 2 N–H and O–H groups in total. The number of carbonyl (C=O) groups is 1. The number of carbonyl (C=O) groups excluding carboxylic acids is 1. The van der Waals surface area contributed by atoms with E-state index in [0.717, 1.165) is 0 Å². The molecule has 6 heteroatoms. The van der Waals surface area contributed by atoms with Gasteiger partial charge in [0.2, 0.25) is 0 Å². The van der Waals surface area contributed by atoms with E-state index in [1.54, 1.807) is 0 Å². The van der Waals surface area contributed by atoms with Crippen molar-refractivity contribution in [1.29, 1.82) is 0 Å². The van der Waals surface area contributed by atoms with Gasteiger partial charge in [-0.15, -0.1) is 12.4 Å². The smallest absolute Gasteiger partial charge is 0.322 e. The molecule has 0 aromatic heterocycles. The van der Waals surface area contributed by atoms with Gasteiger partial charge in [0, 0.05) is 0 Å². The van der Waals surface area contributed by atoms with E-state index in [0.29, 0.717) is 5.56 Å². The van der Waals surface area contributed by atoms with Crippen LogP contribution in [0.25, 0.3) is 0 Å². The van der Waals surface area contributed by atoms with Gasteiger partial charge in [-0.1, -0.05) is 17.7 Å². The fourth-order valence-corrected chi connectivity index (χ4v) is 1.36. The molecule has 0 aliphatic heterocycles. The number of nitrogens with two attached hydrogens (primary N) is 1. The Kier molecular flexibility index (Phi) is 6.33. The summed E-state index contributed by atoms with van der Waals surface area (Å²) in [6.45, 7) is 0. The number of benzene rings is 1. The highest BCUT2D eigenvalue weighted by molar-refractivity contribution is 6.30. The Hall–Kier alpha value is -0.840. The van der Waals surface area contributed by atoms with Crippen molar-refractivity contribution in [3.63, 3.8) is 0 Å². The van der Waals surface area contributed by atoms with E-state index < -0.39 is 17.8 Å². The summed E-state index contributed by atoms with van der Waals surface area (Å²) >= 11 is 5.58. The third kappa shape index (κ3) is 3.96. The Balaban J connectivity index is 0.00000225. The van der Waals surface area contributed by atoms with Crippen molar-refractivity contribution in [3.8, 4) is 0 Å². The van der Waals surface area contributed by atoms with Crippen molar-refractivity contribution in [1.82, 2.24) is 0 Å². The lowest BCUT2D eigenvalue weighted by Crippen LogP contribution is -2.33. The fraction of sp³-hybridized carbons (Fsp3) is 0.300. The fourth-order valence-electron chi connectivity index (χ4n) is 1.16. The highest BCUT2D eigenvalue weighted by Crippen LogP contribution is 2.16. The number of esters is 1. The van der Waals surface area contributed by atoms with Gasteiger partial charge in [-0.05, 0) is 24.1 Å². The predicted molar refractivity (Wildman–Crippen MR) is 62.4 cm³/mol. The minimum Gasteiger partial charge on any atom is -0.468 e. The highest BCUT2D eigenvalue weighted by Gasteiger charge is 2.14. The maximum Gasteiger partial charge on any atom is 0.322 e. The van der Waals surface area contributed by atoms with Crippen LogP contribution in [0.5, 0.6) is 0 Å². The largest absolute Gasteiger partial charge is 0.468 e. The Morgan fingerprint density at radius 3 is 2.75 bits per heavy atom. The van der Waals surface area contributed by atoms with E-state index in [1.165, 1.54) is 25.3 Å². The van der Waals surface area contributed by atoms with E-state index >= 15 is 0 Å². The number of hydrogen-bond donors (Lipinski definition) is 1. The molecule has 0 bridgehead atoms. The van der Waals surface area contributed by atoms with Crippen LogP contribution in [-0.4, -0.2) is 19.1 Å². The van der Waals surface area contributed by atoms with E-state index in [9.17, 15) is 9.18 Å². The van der Waals surface area contributed by atoms with Crippen molar-refractivity contribution in [3.05, 3.63) is 34.6 Å². The molecule has 0 saturated heterocycles. The molecule has 1 aromatic rings. The lowest BCUT2D eigenvalue weighted by atomic mass is 10.1. The van der Waals surface area contributed by atoms with Gasteiger partial charge in [0.05, 0.1) is 12.1 Å². The Morgan fingerprint density at radius 2 is 2.25 bits per heavy atom. The van der Waals surface area contributed by atoms with Gasteiger partial charge >= 0.3 is 5.97 Å². The summed E-state index contributed by atoms with van der Waals surface area (Å²) in [4.78, 5) is 11.0. The first-order chi connectivity index (χ1) is 7.04. The first-order valence-electron chi connectivity index (χ1n) is 4.32. The highest BCUT2D eigenvalue weighted by atomic mass is 35.5. The molecule has 0 fully saturated rings. The first-order valence-corrected chi connectivity index (χ1v) is 4.69. The molecule has 0 unspecified atom stereocenters. The van der Waals surface area contributed by atoms with Crippen LogP contribution in [-0.2, 0) is 16.0 Å². The molecule has 16 heavy (non-hydrogen) atoms. The lowest BCUT2D eigenvalue weighted by Gasteiger charge is -2.09. The van der Waals surface area contributed by atoms with Gasteiger partial charge in [-0.25, -0.2) is 4.39 Å². The first kappa shape index (κ1) is 15.2. The second-order valence-corrected chi connectivity index (χ2v) is 3.49. The minimum absolute atomic E-state index is 0. The van der Waals surface area contributed by atoms with Crippen molar-refractivity contribution in [2.24, 2.45) is 5.73 Å². The zero-order valence-corrected chi connectivity index (χ0v) is 10.1. The van der Waals surface area contributed by atoms with Gasteiger partial charge in [-0.2, -0.15) is 0 Å². The van der Waals surface area contributed by atoms with Gasteiger partial charge in [0.1, 0.15) is 11.9 Å². The third-order valence-electron chi connectivity index (χ3n) is 1.94. The average Bonchev–Trinajstić information content (AvgIpc) is 2.22. The summed E-state index contributed by atoms with van der Waals surface area (Å²) in [5, 5.41) is 0.0181. The summed E-state index contributed by atoms with van der Waals surface area (Å²) in [6, 6.07) is 3.46. The van der Waals surface area contributed by atoms with Crippen LogP contribution in [0, 0.1) is 5.82 Å². The summed E-state index contributed by atoms with van der Waals surface area (Å²) in [5.41, 5.74) is 6.23. The van der Waals surface area contributed by atoms with Crippen LogP contribution in [0.3, 0.4) is 0 Å². The molecular weight excluding hydrogens is 256 g/mol. The summed E-state index contributed by atoms with van der Waals surface area (Å²) in [6.07, 6.45) is 0.271.